The minimum Gasteiger partial charge on any atom is -0.390 e. The molecule has 1 aliphatic heterocycles. The lowest BCUT2D eigenvalue weighted by molar-refractivity contribution is -0.143. The molecule has 0 aliphatic carbocycles. The van der Waals surface area contributed by atoms with E-state index < -0.39 is 11.2 Å². The van der Waals surface area contributed by atoms with Crippen molar-refractivity contribution in [2.24, 2.45) is 0 Å². The van der Waals surface area contributed by atoms with E-state index in [1.807, 2.05) is 23.6 Å². The van der Waals surface area contributed by atoms with Crippen LogP contribution in [0.25, 0.3) is 22.0 Å². The van der Waals surface area contributed by atoms with E-state index in [1.165, 1.54) is 11.3 Å². The Bertz CT molecular complexity index is 1130. The van der Waals surface area contributed by atoms with E-state index in [0.717, 1.165) is 16.3 Å². The van der Waals surface area contributed by atoms with Crippen LogP contribution in [0.1, 0.15) is 32.3 Å². The maximum absolute atomic E-state index is 12.5. The summed E-state index contributed by atoms with van der Waals surface area (Å²) < 4.78 is 0. The van der Waals surface area contributed by atoms with Gasteiger partial charge in [0.1, 0.15) is 10.7 Å². The van der Waals surface area contributed by atoms with Gasteiger partial charge >= 0.3 is 0 Å². The molecule has 0 radical (unpaired) electrons. The number of benzene rings is 1. The zero-order valence-electron chi connectivity index (χ0n) is 18.4. The van der Waals surface area contributed by atoms with Crippen molar-refractivity contribution in [2.75, 3.05) is 25.5 Å². The van der Waals surface area contributed by atoms with Gasteiger partial charge in [-0.1, -0.05) is 18.2 Å². The quantitative estimate of drug-likeness (QED) is 0.504. The van der Waals surface area contributed by atoms with Crippen LogP contribution in [0.5, 0.6) is 0 Å². The Hall–Kier alpha value is -2.88. The van der Waals surface area contributed by atoms with E-state index in [0.29, 0.717) is 43.1 Å². The molecule has 1 aromatic carbocycles. The molecule has 4 rings (SSSR count). The molecule has 1 saturated heterocycles. The van der Waals surface area contributed by atoms with Crippen LogP contribution in [0, 0.1) is 0 Å². The molecule has 1 aliphatic rings. The molecule has 1 atom stereocenters. The second-order valence-corrected chi connectivity index (χ2v) is 9.57. The average Bonchev–Trinajstić information content (AvgIpc) is 3.35. The van der Waals surface area contributed by atoms with Crippen molar-refractivity contribution in [3.8, 4) is 22.0 Å². The number of rotatable bonds is 7. The van der Waals surface area contributed by atoms with Crippen molar-refractivity contribution in [2.45, 2.75) is 37.9 Å². The summed E-state index contributed by atoms with van der Waals surface area (Å²) in [7, 11) is 1.70. The molecule has 3 N–H and O–H groups in total. The highest BCUT2D eigenvalue weighted by atomic mass is 32.1. The Balaban J connectivity index is 1.54. The fourth-order valence-corrected chi connectivity index (χ4v) is 4.43. The minimum atomic E-state index is -1.48. The van der Waals surface area contributed by atoms with Gasteiger partial charge in [0, 0.05) is 43.7 Å². The van der Waals surface area contributed by atoms with Gasteiger partial charge < -0.3 is 20.4 Å². The zero-order chi connectivity index (χ0) is 22.9. The van der Waals surface area contributed by atoms with Gasteiger partial charge in [0.2, 0.25) is 5.95 Å². The highest BCUT2D eigenvalue weighted by molar-refractivity contribution is 7.13. The van der Waals surface area contributed by atoms with Crippen LogP contribution in [0.4, 0.5) is 5.95 Å². The number of carbonyl (C=O) groups excluding carboxylic acids is 1. The molecule has 3 heterocycles. The number of carbonyl (C=O) groups is 1. The summed E-state index contributed by atoms with van der Waals surface area (Å²) in [5.74, 6) is 0.203. The Kier molecular flexibility index (Phi) is 5.98. The number of amides is 1. The first kappa shape index (κ1) is 22.3. The summed E-state index contributed by atoms with van der Waals surface area (Å²) in [4.78, 5) is 27.5. The summed E-state index contributed by atoms with van der Waals surface area (Å²) in [6.07, 6.45) is 2.62. The van der Waals surface area contributed by atoms with Gasteiger partial charge in [-0.05, 0) is 38.0 Å². The van der Waals surface area contributed by atoms with Gasteiger partial charge in [-0.15, -0.1) is 11.3 Å². The summed E-state index contributed by atoms with van der Waals surface area (Å²) >= 11 is 1.47. The molecule has 0 unspecified atom stereocenters. The topological polar surface area (TPSA) is 111 Å². The third-order valence-corrected chi connectivity index (χ3v) is 6.43. The lowest BCUT2D eigenvalue weighted by atomic mass is 9.91. The molecular weight excluding hydrogens is 426 g/mol. The molecule has 8 nitrogen and oxygen atoms in total. The van der Waals surface area contributed by atoms with Gasteiger partial charge in [0.05, 0.1) is 11.3 Å². The molecule has 0 bridgehead atoms. The van der Waals surface area contributed by atoms with Crippen molar-refractivity contribution in [1.29, 1.82) is 0 Å². The van der Waals surface area contributed by atoms with E-state index in [2.05, 4.69) is 15.3 Å². The van der Waals surface area contributed by atoms with Crippen LogP contribution in [-0.2, 0) is 10.4 Å². The number of hydrogen-bond acceptors (Lipinski definition) is 8. The van der Waals surface area contributed by atoms with Crippen LogP contribution < -0.4 is 5.32 Å². The molecule has 168 valence electrons. The van der Waals surface area contributed by atoms with Crippen LogP contribution in [-0.4, -0.2) is 61.7 Å². The molecule has 3 aromatic rings. The van der Waals surface area contributed by atoms with E-state index in [9.17, 15) is 15.0 Å². The minimum absolute atomic E-state index is 0.278. The van der Waals surface area contributed by atoms with Gasteiger partial charge in [0.25, 0.3) is 5.91 Å². The molecule has 1 fully saturated rings. The number of aromatic nitrogens is 3. The van der Waals surface area contributed by atoms with Gasteiger partial charge in [-0.25, -0.2) is 15.0 Å². The van der Waals surface area contributed by atoms with Crippen molar-refractivity contribution >= 4 is 23.2 Å². The number of thiazole rings is 1. The Morgan fingerprint density at radius 3 is 2.78 bits per heavy atom. The highest BCUT2D eigenvalue weighted by Gasteiger charge is 2.45. The molecule has 32 heavy (non-hydrogen) atoms. The zero-order valence-corrected chi connectivity index (χ0v) is 19.2. The largest absolute Gasteiger partial charge is 0.390 e. The normalized spacial score (nSPS) is 18.9. The maximum Gasteiger partial charge on any atom is 0.258 e. The lowest BCUT2D eigenvalue weighted by Gasteiger charge is -2.21. The van der Waals surface area contributed by atoms with E-state index in [4.69, 9.17) is 4.98 Å². The van der Waals surface area contributed by atoms with Crippen molar-refractivity contribution in [1.82, 2.24) is 19.9 Å². The first-order valence-corrected chi connectivity index (χ1v) is 11.4. The SMILES string of the molecule is CN1CC[C@@](O)(c2cccc(-c3nc(-c4ccnc(NCCC(C)(C)O)n4)cs3)c2)C1=O. The Morgan fingerprint density at radius 2 is 2.06 bits per heavy atom. The number of likely N-dealkylation sites (N-methyl/N-ethyl adjacent to an activating group) is 1. The number of anilines is 1. The predicted molar refractivity (Wildman–Crippen MR) is 124 cm³/mol. The van der Waals surface area contributed by atoms with E-state index in [1.54, 1.807) is 44.1 Å². The fraction of sp³-hybridized carbons (Fsp3) is 0.391. The first-order valence-electron chi connectivity index (χ1n) is 10.5. The van der Waals surface area contributed by atoms with Gasteiger partial charge in [0.15, 0.2) is 5.60 Å². The van der Waals surface area contributed by atoms with Crippen LogP contribution in [0.15, 0.2) is 41.9 Å². The highest BCUT2D eigenvalue weighted by Crippen LogP contribution is 2.36. The molecule has 1 amide bonds. The second-order valence-electron chi connectivity index (χ2n) is 8.71. The molecule has 9 heteroatoms. The summed E-state index contributed by atoms with van der Waals surface area (Å²) in [5.41, 5.74) is 0.596. The number of likely N-dealkylation sites (tertiary alicyclic amines) is 1. The predicted octanol–water partition coefficient (Wildman–Crippen LogP) is 2.89. The number of aliphatic hydroxyl groups is 2. The van der Waals surface area contributed by atoms with E-state index >= 15 is 0 Å². The van der Waals surface area contributed by atoms with E-state index in [-0.39, 0.29) is 5.91 Å². The second kappa shape index (κ2) is 8.57. The van der Waals surface area contributed by atoms with Crippen LogP contribution in [0.3, 0.4) is 0 Å². The standard InChI is InChI=1S/C23H27N5O3S/c1-22(2,30)8-11-25-21-24-10-7-17(27-21)18-14-32-19(26-18)15-5-4-6-16(13-15)23(31)9-12-28(3)20(23)29/h4-7,10,13-14,30-31H,8-9,11-12H2,1-3H3,(H,24,25,27)/t23-/m1/s1. The molecular formula is C23H27N5O3S. The Labute approximate surface area is 191 Å². The van der Waals surface area contributed by atoms with Gasteiger partial charge in [-0.2, -0.15) is 0 Å². The molecule has 2 aromatic heterocycles. The summed E-state index contributed by atoms with van der Waals surface area (Å²) in [6, 6.07) is 9.17. The number of hydrogen-bond donors (Lipinski definition) is 3. The monoisotopic (exact) mass is 453 g/mol. The third-order valence-electron chi connectivity index (χ3n) is 5.54. The number of nitrogens with zero attached hydrogens (tertiary/aromatic N) is 4. The van der Waals surface area contributed by atoms with Crippen molar-refractivity contribution in [3.63, 3.8) is 0 Å². The summed E-state index contributed by atoms with van der Waals surface area (Å²) in [5, 5.41) is 26.6. The van der Waals surface area contributed by atoms with Crippen LogP contribution in [0.2, 0.25) is 0 Å². The fourth-order valence-electron chi connectivity index (χ4n) is 3.62. The Morgan fingerprint density at radius 1 is 1.25 bits per heavy atom. The first-order chi connectivity index (χ1) is 15.2. The average molecular weight is 454 g/mol. The maximum atomic E-state index is 12.5. The lowest BCUT2D eigenvalue weighted by Crippen LogP contribution is -2.36. The number of nitrogens with one attached hydrogen (secondary N) is 1. The third kappa shape index (κ3) is 4.64. The van der Waals surface area contributed by atoms with Gasteiger partial charge in [-0.3, -0.25) is 4.79 Å². The smallest absolute Gasteiger partial charge is 0.258 e. The molecule has 0 spiro atoms. The van der Waals surface area contributed by atoms with Crippen molar-refractivity contribution in [3.05, 3.63) is 47.5 Å². The van der Waals surface area contributed by atoms with Crippen LogP contribution >= 0.6 is 11.3 Å². The molecule has 0 saturated carbocycles. The summed E-state index contributed by atoms with van der Waals surface area (Å²) in [6.45, 7) is 4.61. The van der Waals surface area contributed by atoms with Crippen molar-refractivity contribution < 1.29 is 15.0 Å².